The van der Waals surface area contributed by atoms with Gasteiger partial charge in [-0.05, 0) is 33.2 Å². The Morgan fingerprint density at radius 2 is 2.10 bits per heavy atom. The highest BCUT2D eigenvalue weighted by Crippen LogP contribution is 2.22. The number of likely N-dealkylation sites (N-methyl/N-ethyl adjacent to an activating group) is 1. The van der Waals surface area contributed by atoms with Crippen molar-refractivity contribution in [2.24, 2.45) is 0 Å². The van der Waals surface area contributed by atoms with Gasteiger partial charge in [-0.1, -0.05) is 23.7 Å². The first-order valence-electron chi connectivity index (χ1n) is 6.81. The monoisotopic (exact) mass is 314 g/mol. The number of aliphatic hydroxyl groups is 1. The summed E-state index contributed by atoms with van der Waals surface area (Å²) in [6.45, 7) is 2.61. The molecule has 0 aliphatic rings. The molecule has 1 aromatic rings. The van der Waals surface area contributed by atoms with Crippen molar-refractivity contribution < 1.29 is 14.6 Å². The van der Waals surface area contributed by atoms with Gasteiger partial charge in [0.2, 0.25) is 5.91 Å². The fraction of sp³-hybridized carbons (Fsp3) is 0.533. The summed E-state index contributed by atoms with van der Waals surface area (Å²) < 4.78 is 5.44. The first kappa shape index (κ1) is 17.8. The highest BCUT2D eigenvalue weighted by molar-refractivity contribution is 6.32. The van der Waals surface area contributed by atoms with E-state index in [1.54, 1.807) is 19.1 Å². The van der Waals surface area contributed by atoms with E-state index in [-0.39, 0.29) is 25.5 Å². The van der Waals surface area contributed by atoms with Crippen molar-refractivity contribution in [1.82, 2.24) is 10.2 Å². The van der Waals surface area contributed by atoms with Gasteiger partial charge >= 0.3 is 0 Å². The van der Waals surface area contributed by atoms with Crippen LogP contribution in [0.2, 0.25) is 5.02 Å². The van der Waals surface area contributed by atoms with E-state index in [0.29, 0.717) is 17.3 Å². The minimum Gasteiger partial charge on any atom is -0.491 e. The molecule has 1 rings (SSSR count). The summed E-state index contributed by atoms with van der Waals surface area (Å²) in [6, 6.07) is 7.12. The largest absolute Gasteiger partial charge is 0.491 e. The van der Waals surface area contributed by atoms with Crippen molar-refractivity contribution in [3.8, 4) is 5.75 Å². The van der Waals surface area contributed by atoms with E-state index in [4.69, 9.17) is 16.3 Å². The van der Waals surface area contributed by atoms with Crippen LogP contribution < -0.4 is 10.1 Å². The number of rotatable bonds is 8. The zero-order chi connectivity index (χ0) is 15.9. The van der Waals surface area contributed by atoms with Gasteiger partial charge in [0.25, 0.3) is 0 Å². The van der Waals surface area contributed by atoms with Gasteiger partial charge in [-0.2, -0.15) is 0 Å². The average Bonchev–Trinajstić information content (AvgIpc) is 2.37. The van der Waals surface area contributed by atoms with Crippen LogP contribution in [0.3, 0.4) is 0 Å². The van der Waals surface area contributed by atoms with Gasteiger partial charge in [-0.15, -0.1) is 0 Å². The van der Waals surface area contributed by atoms with Crippen molar-refractivity contribution in [2.75, 3.05) is 33.8 Å². The number of hydrogen-bond donors (Lipinski definition) is 2. The number of benzene rings is 1. The lowest BCUT2D eigenvalue weighted by molar-refractivity contribution is -0.122. The molecule has 0 saturated heterocycles. The van der Waals surface area contributed by atoms with Crippen LogP contribution in [0.4, 0.5) is 0 Å². The Hall–Kier alpha value is -1.30. The smallest absolute Gasteiger partial charge is 0.223 e. The summed E-state index contributed by atoms with van der Waals surface area (Å²) in [5.41, 5.74) is -0.956. The first-order chi connectivity index (χ1) is 9.80. The molecule has 0 aromatic heterocycles. The number of halogens is 1. The highest BCUT2D eigenvalue weighted by Gasteiger charge is 2.21. The second kappa shape index (κ2) is 8.22. The molecule has 1 aromatic carbocycles. The van der Waals surface area contributed by atoms with Crippen LogP contribution in [0, 0.1) is 0 Å². The SMILES string of the molecule is CN(C)CC(C)(O)CNC(=O)CCOc1ccccc1Cl. The molecule has 0 radical (unpaired) electrons. The van der Waals surface area contributed by atoms with Crippen LogP contribution in [-0.4, -0.2) is 55.3 Å². The van der Waals surface area contributed by atoms with Crippen molar-refractivity contribution >= 4 is 17.5 Å². The van der Waals surface area contributed by atoms with E-state index in [2.05, 4.69) is 5.32 Å². The molecule has 0 saturated carbocycles. The minimum atomic E-state index is -0.956. The van der Waals surface area contributed by atoms with Gasteiger partial charge in [0.05, 0.1) is 23.7 Å². The Labute approximate surface area is 130 Å². The summed E-state index contributed by atoms with van der Waals surface area (Å²) in [7, 11) is 3.74. The number of nitrogens with zero attached hydrogens (tertiary/aromatic N) is 1. The van der Waals surface area contributed by atoms with Gasteiger partial charge in [0.1, 0.15) is 5.75 Å². The van der Waals surface area contributed by atoms with Crippen molar-refractivity contribution in [3.05, 3.63) is 29.3 Å². The van der Waals surface area contributed by atoms with Crippen molar-refractivity contribution in [2.45, 2.75) is 18.9 Å². The third-order valence-electron chi connectivity index (χ3n) is 2.75. The molecule has 21 heavy (non-hydrogen) atoms. The van der Waals surface area contributed by atoms with E-state index in [9.17, 15) is 9.90 Å². The predicted octanol–water partition coefficient (Wildman–Crippen LogP) is 1.54. The summed E-state index contributed by atoms with van der Waals surface area (Å²) in [6.07, 6.45) is 0.212. The fourth-order valence-electron chi connectivity index (χ4n) is 1.93. The quantitative estimate of drug-likeness (QED) is 0.764. The van der Waals surface area contributed by atoms with E-state index in [1.807, 2.05) is 31.1 Å². The van der Waals surface area contributed by atoms with Crippen molar-refractivity contribution in [3.63, 3.8) is 0 Å². The van der Waals surface area contributed by atoms with Gasteiger partial charge in [-0.25, -0.2) is 0 Å². The standard InChI is InChI=1S/C15H23ClN2O3/c1-15(20,11-18(2)3)10-17-14(19)8-9-21-13-7-5-4-6-12(13)16/h4-7,20H,8-11H2,1-3H3,(H,17,19). The molecular weight excluding hydrogens is 292 g/mol. The molecule has 5 nitrogen and oxygen atoms in total. The third-order valence-corrected chi connectivity index (χ3v) is 3.06. The number of ether oxygens (including phenoxy) is 1. The maximum Gasteiger partial charge on any atom is 0.223 e. The Morgan fingerprint density at radius 3 is 2.71 bits per heavy atom. The molecule has 0 heterocycles. The normalized spacial score (nSPS) is 13.8. The lowest BCUT2D eigenvalue weighted by atomic mass is 10.1. The molecule has 1 unspecified atom stereocenters. The summed E-state index contributed by atoms with van der Waals surface area (Å²) >= 11 is 5.95. The van der Waals surface area contributed by atoms with Crippen LogP contribution in [0.1, 0.15) is 13.3 Å². The fourth-order valence-corrected chi connectivity index (χ4v) is 2.12. The van der Waals surface area contributed by atoms with Crippen LogP contribution in [-0.2, 0) is 4.79 Å². The lowest BCUT2D eigenvalue weighted by Gasteiger charge is -2.27. The third kappa shape index (κ3) is 7.32. The van der Waals surface area contributed by atoms with E-state index < -0.39 is 5.60 Å². The Morgan fingerprint density at radius 1 is 1.43 bits per heavy atom. The molecule has 1 amide bonds. The number of carbonyl (C=O) groups is 1. The summed E-state index contributed by atoms with van der Waals surface area (Å²) in [5, 5.41) is 13.3. The van der Waals surface area contributed by atoms with E-state index in [1.165, 1.54) is 0 Å². The summed E-state index contributed by atoms with van der Waals surface area (Å²) in [4.78, 5) is 13.6. The molecule has 0 aliphatic carbocycles. The molecule has 2 N–H and O–H groups in total. The number of hydrogen-bond acceptors (Lipinski definition) is 4. The number of amides is 1. The molecule has 0 spiro atoms. The molecule has 0 aliphatic heterocycles. The Kier molecular flexibility index (Phi) is 6.95. The average molecular weight is 315 g/mol. The lowest BCUT2D eigenvalue weighted by Crippen LogP contribution is -2.47. The Bertz CT molecular complexity index is 464. The zero-order valence-electron chi connectivity index (χ0n) is 12.7. The van der Waals surface area contributed by atoms with Crippen LogP contribution in [0.25, 0.3) is 0 Å². The van der Waals surface area contributed by atoms with E-state index >= 15 is 0 Å². The summed E-state index contributed by atoms with van der Waals surface area (Å²) in [5.74, 6) is 0.396. The molecular formula is C15H23ClN2O3. The van der Waals surface area contributed by atoms with E-state index in [0.717, 1.165) is 0 Å². The molecule has 6 heteroatoms. The van der Waals surface area contributed by atoms with Crippen molar-refractivity contribution in [1.29, 1.82) is 0 Å². The van der Waals surface area contributed by atoms with Gasteiger partial charge in [0, 0.05) is 13.1 Å². The number of para-hydroxylation sites is 1. The van der Waals surface area contributed by atoms with Gasteiger partial charge in [0.15, 0.2) is 0 Å². The highest BCUT2D eigenvalue weighted by atomic mass is 35.5. The molecule has 118 valence electrons. The molecule has 0 fully saturated rings. The minimum absolute atomic E-state index is 0.166. The van der Waals surface area contributed by atoms with Crippen LogP contribution in [0.5, 0.6) is 5.75 Å². The first-order valence-corrected chi connectivity index (χ1v) is 7.19. The maximum atomic E-state index is 11.7. The predicted molar refractivity (Wildman–Crippen MR) is 83.8 cm³/mol. The molecule has 1 atom stereocenters. The van der Waals surface area contributed by atoms with Crippen LogP contribution in [0.15, 0.2) is 24.3 Å². The zero-order valence-corrected chi connectivity index (χ0v) is 13.5. The second-order valence-corrected chi connectivity index (χ2v) is 5.95. The second-order valence-electron chi connectivity index (χ2n) is 5.54. The number of nitrogens with one attached hydrogen (secondary N) is 1. The maximum absolute atomic E-state index is 11.7. The van der Waals surface area contributed by atoms with Crippen LogP contribution >= 0.6 is 11.6 Å². The number of carbonyl (C=O) groups excluding carboxylic acids is 1. The molecule has 0 bridgehead atoms. The van der Waals surface area contributed by atoms with Gasteiger partial charge in [-0.3, -0.25) is 4.79 Å². The topological polar surface area (TPSA) is 61.8 Å². The van der Waals surface area contributed by atoms with Gasteiger partial charge < -0.3 is 20.1 Å². The Balaban J connectivity index is 2.27.